The minimum absolute atomic E-state index is 0.461. The van der Waals surface area contributed by atoms with Gasteiger partial charge in [0.1, 0.15) is 0 Å². The van der Waals surface area contributed by atoms with Crippen LogP contribution in [0, 0.1) is 11.3 Å². The van der Waals surface area contributed by atoms with Gasteiger partial charge in [0, 0.05) is 12.6 Å². The summed E-state index contributed by atoms with van der Waals surface area (Å²) in [5.41, 5.74) is -0.655. The van der Waals surface area contributed by atoms with Gasteiger partial charge in [0.2, 0.25) is 0 Å². The van der Waals surface area contributed by atoms with Crippen LogP contribution >= 0.6 is 0 Å². The Hall–Kier alpha value is -0.570. The summed E-state index contributed by atoms with van der Waals surface area (Å²) >= 11 is 0. The normalized spacial score (nSPS) is 20.2. The molecule has 82 valence electrons. The van der Waals surface area contributed by atoms with E-state index in [1.165, 1.54) is 19.3 Å². The van der Waals surface area contributed by atoms with Crippen molar-refractivity contribution in [1.82, 2.24) is 5.32 Å². The van der Waals surface area contributed by atoms with Crippen molar-refractivity contribution in [3.8, 4) is 0 Å². The molecule has 2 N–H and O–H groups in total. The van der Waals surface area contributed by atoms with Crippen molar-refractivity contribution in [3.63, 3.8) is 0 Å². The number of carboxylic acid groups (broad SMARTS) is 1. The quantitative estimate of drug-likeness (QED) is 0.710. The molecule has 0 aromatic heterocycles. The van der Waals surface area contributed by atoms with Crippen molar-refractivity contribution in [3.05, 3.63) is 0 Å². The minimum atomic E-state index is -0.731. The third-order valence-corrected chi connectivity index (χ3v) is 3.30. The lowest BCUT2D eigenvalue weighted by Crippen LogP contribution is -2.44. The zero-order chi connectivity index (χ0) is 10.8. The van der Waals surface area contributed by atoms with E-state index in [2.05, 4.69) is 12.2 Å². The predicted molar refractivity (Wildman–Crippen MR) is 56.2 cm³/mol. The summed E-state index contributed by atoms with van der Waals surface area (Å²) in [7, 11) is 0. The molecular weight excluding hydrogens is 178 g/mol. The molecule has 0 amide bonds. The molecule has 0 saturated heterocycles. The van der Waals surface area contributed by atoms with Gasteiger partial charge >= 0.3 is 5.97 Å². The lowest BCUT2D eigenvalue weighted by Gasteiger charge is -2.33. The van der Waals surface area contributed by atoms with Crippen molar-refractivity contribution < 1.29 is 9.90 Å². The Morgan fingerprint density at radius 1 is 1.57 bits per heavy atom. The topological polar surface area (TPSA) is 49.3 Å². The highest BCUT2D eigenvalue weighted by atomic mass is 16.4. The van der Waals surface area contributed by atoms with Gasteiger partial charge in [-0.1, -0.05) is 6.42 Å². The van der Waals surface area contributed by atoms with Crippen LogP contribution in [0.3, 0.4) is 0 Å². The molecule has 0 aromatic rings. The van der Waals surface area contributed by atoms with E-state index in [1.54, 1.807) is 13.8 Å². The monoisotopic (exact) mass is 199 g/mol. The van der Waals surface area contributed by atoms with Crippen LogP contribution in [0.15, 0.2) is 0 Å². The average Bonchev–Trinajstić information content (AvgIpc) is 1.97. The van der Waals surface area contributed by atoms with Crippen molar-refractivity contribution in [2.24, 2.45) is 11.3 Å². The molecule has 0 aliphatic heterocycles. The highest BCUT2D eigenvalue weighted by Crippen LogP contribution is 2.29. The molecule has 3 heteroatoms. The van der Waals surface area contributed by atoms with Gasteiger partial charge in [0.05, 0.1) is 5.41 Å². The second kappa shape index (κ2) is 4.30. The molecular formula is C11H21NO2. The SMILES string of the molecule is CC(NCC(C)(C)C(=O)O)C1CCC1. The second-order valence-electron chi connectivity index (χ2n) is 5.05. The van der Waals surface area contributed by atoms with E-state index in [0.717, 1.165) is 5.92 Å². The smallest absolute Gasteiger partial charge is 0.310 e. The Balaban J connectivity index is 2.28. The first-order valence-electron chi connectivity index (χ1n) is 5.40. The average molecular weight is 199 g/mol. The van der Waals surface area contributed by atoms with E-state index < -0.39 is 11.4 Å². The Kier molecular flexibility index (Phi) is 3.53. The lowest BCUT2D eigenvalue weighted by molar-refractivity contribution is -0.146. The van der Waals surface area contributed by atoms with Gasteiger partial charge in [0.15, 0.2) is 0 Å². The molecule has 0 bridgehead atoms. The van der Waals surface area contributed by atoms with Gasteiger partial charge in [-0.2, -0.15) is 0 Å². The molecule has 0 aromatic carbocycles. The lowest BCUT2D eigenvalue weighted by atomic mass is 9.80. The maximum absolute atomic E-state index is 10.8. The number of hydrogen-bond donors (Lipinski definition) is 2. The molecule has 1 unspecified atom stereocenters. The Labute approximate surface area is 85.9 Å². The van der Waals surface area contributed by atoms with Crippen molar-refractivity contribution >= 4 is 5.97 Å². The molecule has 14 heavy (non-hydrogen) atoms. The molecule has 1 fully saturated rings. The molecule has 1 atom stereocenters. The molecule has 1 aliphatic carbocycles. The largest absolute Gasteiger partial charge is 0.481 e. The number of hydrogen-bond acceptors (Lipinski definition) is 2. The summed E-state index contributed by atoms with van der Waals surface area (Å²) in [6.45, 7) is 6.23. The van der Waals surface area contributed by atoms with Gasteiger partial charge < -0.3 is 10.4 Å². The van der Waals surface area contributed by atoms with Gasteiger partial charge in [-0.3, -0.25) is 4.79 Å². The predicted octanol–water partition coefficient (Wildman–Crippen LogP) is 1.88. The summed E-state index contributed by atoms with van der Waals surface area (Å²) in [4.78, 5) is 10.8. The molecule has 0 heterocycles. The summed E-state index contributed by atoms with van der Waals surface area (Å²) in [6, 6.07) is 0.461. The van der Waals surface area contributed by atoms with Crippen LogP contribution in [0.1, 0.15) is 40.0 Å². The van der Waals surface area contributed by atoms with Crippen LogP contribution in [0.5, 0.6) is 0 Å². The summed E-state index contributed by atoms with van der Waals surface area (Å²) < 4.78 is 0. The minimum Gasteiger partial charge on any atom is -0.481 e. The highest BCUT2D eigenvalue weighted by molar-refractivity contribution is 5.73. The van der Waals surface area contributed by atoms with E-state index in [-0.39, 0.29) is 0 Å². The Morgan fingerprint density at radius 3 is 2.50 bits per heavy atom. The number of aliphatic carboxylic acids is 1. The van der Waals surface area contributed by atoms with Crippen LogP contribution in [0.4, 0.5) is 0 Å². The molecule has 1 rings (SSSR count). The Morgan fingerprint density at radius 2 is 2.14 bits per heavy atom. The van der Waals surface area contributed by atoms with Gasteiger partial charge in [0.25, 0.3) is 0 Å². The fourth-order valence-corrected chi connectivity index (χ4v) is 1.60. The first-order chi connectivity index (χ1) is 6.43. The zero-order valence-corrected chi connectivity index (χ0v) is 9.34. The molecule has 1 saturated carbocycles. The van der Waals surface area contributed by atoms with E-state index in [9.17, 15) is 4.79 Å². The molecule has 1 aliphatic rings. The zero-order valence-electron chi connectivity index (χ0n) is 9.34. The van der Waals surface area contributed by atoms with Gasteiger partial charge in [-0.05, 0) is 39.5 Å². The second-order valence-corrected chi connectivity index (χ2v) is 5.05. The van der Waals surface area contributed by atoms with Crippen molar-refractivity contribution in [1.29, 1.82) is 0 Å². The van der Waals surface area contributed by atoms with Gasteiger partial charge in [-0.15, -0.1) is 0 Å². The van der Waals surface area contributed by atoms with E-state index in [4.69, 9.17) is 5.11 Å². The summed E-state index contributed by atoms with van der Waals surface area (Å²) in [5, 5.41) is 12.2. The maximum atomic E-state index is 10.8. The van der Waals surface area contributed by atoms with Crippen LogP contribution in [0.2, 0.25) is 0 Å². The van der Waals surface area contributed by atoms with Crippen LogP contribution in [-0.4, -0.2) is 23.7 Å². The van der Waals surface area contributed by atoms with Crippen molar-refractivity contribution in [2.45, 2.75) is 46.1 Å². The standard InChI is InChI=1S/C11H21NO2/c1-8(9-5-4-6-9)12-7-11(2,3)10(13)14/h8-9,12H,4-7H2,1-3H3,(H,13,14). The number of nitrogens with one attached hydrogen (secondary N) is 1. The summed E-state index contributed by atoms with van der Waals surface area (Å²) in [5.74, 6) is 0.0328. The first-order valence-corrected chi connectivity index (χ1v) is 5.40. The van der Waals surface area contributed by atoms with Crippen LogP contribution < -0.4 is 5.32 Å². The fourth-order valence-electron chi connectivity index (χ4n) is 1.60. The fraction of sp³-hybridized carbons (Fsp3) is 0.909. The first kappa shape index (κ1) is 11.5. The third-order valence-electron chi connectivity index (χ3n) is 3.30. The van der Waals surface area contributed by atoms with E-state index in [1.807, 2.05) is 0 Å². The maximum Gasteiger partial charge on any atom is 0.310 e. The highest BCUT2D eigenvalue weighted by Gasteiger charge is 2.29. The van der Waals surface area contributed by atoms with Crippen molar-refractivity contribution in [2.75, 3.05) is 6.54 Å². The van der Waals surface area contributed by atoms with E-state index in [0.29, 0.717) is 12.6 Å². The van der Waals surface area contributed by atoms with E-state index >= 15 is 0 Å². The van der Waals surface area contributed by atoms with Crippen LogP contribution in [0.25, 0.3) is 0 Å². The molecule has 3 nitrogen and oxygen atoms in total. The third kappa shape index (κ3) is 2.71. The molecule has 0 spiro atoms. The number of carboxylic acids is 1. The van der Waals surface area contributed by atoms with Crippen LogP contribution in [-0.2, 0) is 4.79 Å². The van der Waals surface area contributed by atoms with Gasteiger partial charge in [-0.25, -0.2) is 0 Å². The molecule has 0 radical (unpaired) electrons. The summed E-state index contributed by atoms with van der Waals surface area (Å²) in [6.07, 6.45) is 3.92. The Bertz CT molecular complexity index is 209. The number of carbonyl (C=O) groups is 1. The number of rotatable bonds is 5.